The van der Waals surface area contributed by atoms with Crippen molar-refractivity contribution < 1.29 is 28.3 Å². The third-order valence-electron chi connectivity index (χ3n) is 8.04. The molecule has 0 bridgehead atoms. The smallest absolute Gasteiger partial charge is 0.281 e. The first-order valence-electron chi connectivity index (χ1n) is 15.6. The summed E-state index contributed by atoms with van der Waals surface area (Å²) in [7, 11) is 0. The second-order valence-electron chi connectivity index (χ2n) is 11.5. The Labute approximate surface area is 309 Å². The molecule has 4 N–H and O–H groups in total. The lowest BCUT2D eigenvalue weighted by Gasteiger charge is -2.36. The lowest BCUT2D eigenvalue weighted by molar-refractivity contribution is -0.119. The van der Waals surface area contributed by atoms with Crippen LogP contribution in [0.15, 0.2) is 95.1 Å². The van der Waals surface area contributed by atoms with Crippen LogP contribution in [-0.4, -0.2) is 57.1 Å². The van der Waals surface area contributed by atoms with Crippen molar-refractivity contribution in [3.05, 3.63) is 129 Å². The summed E-state index contributed by atoms with van der Waals surface area (Å²) in [5.74, 6) is 6.62. The van der Waals surface area contributed by atoms with Gasteiger partial charge in [0, 0.05) is 59.0 Å². The van der Waals surface area contributed by atoms with Crippen molar-refractivity contribution in [3.63, 3.8) is 0 Å². The van der Waals surface area contributed by atoms with E-state index in [0.717, 1.165) is 16.7 Å². The van der Waals surface area contributed by atoms with Crippen molar-refractivity contribution in [1.82, 2.24) is 25.4 Å². The summed E-state index contributed by atoms with van der Waals surface area (Å²) in [6, 6.07) is 23.5. The number of aromatic hydroxyl groups is 1. The first kappa shape index (κ1) is 37.4. The Bertz CT molecular complexity index is 1970. The lowest BCUT2D eigenvalue weighted by atomic mass is 10.1. The molecular formula is C36H34Cl3FN6O5. The average Bonchev–Trinajstić information content (AvgIpc) is 3.59. The predicted molar refractivity (Wildman–Crippen MR) is 194 cm³/mol. The fourth-order valence-corrected chi connectivity index (χ4v) is 5.74. The molecule has 6 rings (SSSR count). The number of hydrazine groups is 1. The summed E-state index contributed by atoms with van der Waals surface area (Å²) in [6.45, 7) is 3.23. The van der Waals surface area contributed by atoms with Crippen LogP contribution in [0.2, 0.25) is 10.0 Å². The van der Waals surface area contributed by atoms with E-state index in [1.54, 1.807) is 48.5 Å². The van der Waals surface area contributed by atoms with Gasteiger partial charge in [0.2, 0.25) is 11.7 Å². The van der Waals surface area contributed by atoms with Crippen LogP contribution in [0, 0.1) is 5.82 Å². The van der Waals surface area contributed by atoms with Crippen molar-refractivity contribution in [2.24, 2.45) is 5.84 Å². The van der Waals surface area contributed by atoms with Gasteiger partial charge in [-0.25, -0.2) is 10.2 Å². The number of rotatable bonds is 12. The topological polar surface area (TPSA) is 139 Å². The highest BCUT2D eigenvalue weighted by molar-refractivity contribution is 6.35. The minimum atomic E-state index is -0.481. The SMILES string of the molecule is Cl.NNC(=O)C(=Cc1ccc(OCc2ccc(Cl)cc2Cl)cc1O)N1CCN(Cc2nc(-c3ccc(COc4ccc(F)cc4)cc3)no2)CC1. The molecule has 2 heterocycles. The molecule has 1 aliphatic heterocycles. The van der Waals surface area contributed by atoms with Crippen LogP contribution in [0.1, 0.15) is 22.6 Å². The number of piperazine rings is 1. The van der Waals surface area contributed by atoms with Gasteiger partial charge in [-0.05, 0) is 60.2 Å². The number of carbonyl (C=O) groups excluding carboxylic acids is 1. The number of ether oxygens (including phenoxy) is 2. The molecule has 0 unspecified atom stereocenters. The van der Waals surface area contributed by atoms with E-state index in [9.17, 15) is 14.3 Å². The number of carbonyl (C=O) groups is 1. The van der Waals surface area contributed by atoms with Crippen LogP contribution in [-0.2, 0) is 24.6 Å². The van der Waals surface area contributed by atoms with Gasteiger partial charge < -0.3 is 24.0 Å². The molecule has 0 spiro atoms. The molecule has 1 aromatic heterocycles. The Morgan fingerprint density at radius 1 is 0.941 bits per heavy atom. The van der Waals surface area contributed by atoms with Crippen molar-refractivity contribution >= 4 is 47.6 Å². The quantitative estimate of drug-likeness (QED) is 0.0552. The number of amides is 1. The maximum atomic E-state index is 13.1. The zero-order valence-corrected chi connectivity index (χ0v) is 29.4. The molecule has 0 aliphatic carbocycles. The third-order valence-corrected chi connectivity index (χ3v) is 8.63. The highest BCUT2D eigenvalue weighted by Crippen LogP contribution is 2.29. The first-order valence-corrected chi connectivity index (χ1v) is 16.4. The van der Waals surface area contributed by atoms with Gasteiger partial charge in [0.1, 0.15) is 42.0 Å². The van der Waals surface area contributed by atoms with Crippen molar-refractivity contribution in [2.45, 2.75) is 19.8 Å². The van der Waals surface area contributed by atoms with E-state index in [4.69, 9.17) is 43.0 Å². The van der Waals surface area contributed by atoms with Crippen molar-refractivity contribution in [1.29, 1.82) is 0 Å². The van der Waals surface area contributed by atoms with Crippen LogP contribution in [0.25, 0.3) is 17.5 Å². The number of hydrogen-bond acceptors (Lipinski definition) is 10. The summed E-state index contributed by atoms with van der Waals surface area (Å²) in [5, 5.41) is 15.9. The van der Waals surface area contributed by atoms with E-state index in [0.29, 0.717) is 83.9 Å². The van der Waals surface area contributed by atoms with E-state index < -0.39 is 5.91 Å². The molecule has 5 aromatic rings. The molecule has 1 saturated heterocycles. The standard InChI is InChI=1S/C36H33Cl2FN6O5.ClH/c37-27-7-5-26(31(38)18-27)22-49-30-10-6-25(33(46)19-30)17-32(36(47)42-40)45-15-13-44(14-16-45)20-34-41-35(43-50-34)24-3-1-23(2-4-24)21-48-29-11-8-28(39)9-12-29;/h1-12,17-19,46H,13-16,20-22,40H2,(H,42,47);1H. The maximum absolute atomic E-state index is 13.1. The summed E-state index contributed by atoms with van der Waals surface area (Å²) in [4.78, 5) is 21.4. The van der Waals surface area contributed by atoms with E-state index >= 15 is 0 Å². The van der Waals surface area contributed by atoms with Crippen LogP contribution in [0.3, 0.4) is 0 Å². The number of nitrogens with two attached hydrogens (primary N) is 1. The Balaban J connectivity index is 0.00000504. The molecule has 1 fully saturated rings. The molecule has 4 aromatic carbocycles. The molecule has 51 heavy (non-hydrogen) atoms. The molecule has 11 nitrogen and oxygen atoms in total. The predicted octanol–water partition coefficient (Wildman–Crippen LogP) is 6.62. The van der Waals surface area contributed by atoms with Gasteiger partial charge in [-0.3, -0.25) is 15.1 Å². The third kappa shape index (κ3) is 9.90. The molecule has 0 atom stereocenters. The summed E-state index contributed by atoms with van der Waals surface area (Å²) >= 11 is 12.2. The van der Waals surface area contributed by atoms with Gasteiger partial charge in [0.15, 0.2) is 0 Å². The number of nitrogens with zero attached hydrogens (tertiary/aromatic N) is 4. The summed E-state index contributed by atoms with van der Waals surface area (Å²) in [5.41, 5.74) is 5.43. The van der Waals surface area contributed by atoms with Crippen LogP contribution in [0.4, 0.5) is 4.39 Å². The zero-order valence-electron chi connectivity index (χ0n) is 27.1. The highest BCUT2D eigenvalue weighted by atomic mass is 35.5. The summed E-state index contributed by atoms with van der Waals surface area (Å²) in [6.07, 6.45) is 1.59. The Kier molecular flexibility index (Phi) is 12.8. The Morgan fingerprint density at radius 3 is 2.33 bits per heavy atom. The number of aromatic nitrogens is 2. The largest absolute Gasteiger partial charge is 0.507 e. The monoisotopic (exact) mass is 754 g/mol. The minimum Gasteiger partial charge on any atom is -0.507 e. The van der Waals surface area contributed by atoms with Gasteiger partial charge in [0.25, 0.3) is 5.91 Å². The Hall–Kier alpha value is -4.85. The first-order chi connectivity index (χ1) is 24.2. The van der Waals surface area contributed by atoms with Crippen LogP contribution < -0.4 is 20.7 Å². The average molecular weight is 756 g/mol. The normalized spacial score (nSPS) is 13.4. The Morgan fingerprint density at radius 2 is 1.65 bits per heavy atom. The zero-order chi connectivity index (χ0) is 35.0. The molecule has 266 valence electrons. The second kappa shape index (κ2) is 17.4. The van der Waals surface area contributed by atoms with E-state index in [1.807, 2.05) is 29.2 Å². The molecule has 0 saturated carbocycles. The maximum Gasteiger partial charge on any atom is 0.281 e. The fraction of sp³-hybridized carbons (Fsp3) is 0.194. The van der Waals surface area contributed by atoms with Crippen LogP contribution >= 0.6 is 35.6 Å². The number of phenols is 1. The van der Waals surface area contributed by atoms with Crippen molar-refractivity contribution in [2.75, 3.05) is 26.2 Å². The molecular weight excluding hydrogens is 722 g/mol. The van der Waals surface area contributed by atoms with Crippen LogP contribution in [0.5, 0.6) is 17.2 Å². The highest BCUT2D eigenvalue weighted by Gasteiger charge is 2.24. The number of hydrogen-bond donors (Lipinski definition) is 3. The molecule has 0 radical (unpaired) electrons. The van der Waals surface area contributed by atoms with Gasteiger partial charge >= 0.3 is 0 Å². The van der Waals surface area contributed by atoms with Gasteiger partial charge in [-0.2, -0.15) is 4.98 Å². The van der Waals surface area contributed by atoms with E-state index in [2.05, 4.69) is 20.5 Å². The number of halogens is 4. The van der Waals surface area contributed by atoms with Gasteiger partial charge in [-0.15, -0.1) is 12.4 Å². The van der Waals surface area contributed by atoms with Gasteiger partial charge in [-0.1, -0.05) is 58.7 Å². The fourth-order valence-electron chi connectivity index (χ4n) is 5.28. The molecule has 15 heteroatoms. The second-order valence-corrected chi connectivity index (χ2v) is 12.3. The number of nitrogens with one attached hydrogen (secondary N) is 1. The molecule has 1 amide bonds. The lowest BCUT2D eigenvalue weighted by Crippen LogP contribution is -2.48. The minimum absolute atomic E-state index is 0. The summed E-state index contributed by atoms with van der Waals surface area (Å²) < 4.78 is 30.2. The van der Waals surface area contributed by atoms with Gasteiger partial charge in [0.05, 0.1) is 6.54 Å². The number of phenolic OH excluding ortho intramolecular Hbond substituents is 1. The van der Waals surface area contributed by atoms with E-state index in [-0.39, 0.29) is 30.6 Å². The number of benzene rings is 4. The van der Waals surface area contributed by atoms with Crippen molar-refractivity contribution in [3.8, 4) is 28.6 Å². The molecule has 1 aliphatic rings. The van der Waals surface area contributed by atoms with E-state index in [1.165, 1.54) is 18.2 Å².